The van der Waals surface area contributed by atoms with Gasteiger partial charge in [0.15, 0.2) is 0 Å². The van der Waals surface area contributed by atoms with E-state index < -0.39 is 29.4 Å². The number of amides is 1. The number of benzene rings is 3. The summed E-state index contributed by atoms with van der Waals surface area (Å²) in [5.74, 6) is -0.584. The Balaban J connectivity index is 1.63. The lowest BCUT2D eigenvalue weighted by Crippen LogP contribution is -2.70. The van der Waals surface area contributed by atoms with Crippen molar-refractivity contribution < 1.29 is 38.8 Å². The molecule has 0 spiro atoms. The second-order valence-electron chi connectivity index (χ2n) is 17.0. The predicted molar refractivity (Wildman–Crippen MR) is 237 cm³/mol. The smallest absolute Gasteiger partial charge is 0.410 e. The molecule has 1 heterocycles. The minimum absolute atomic E-state index is 0.0718. The zero-order chi connectivity index (χ0) is 42.7. The first-order chi connectivity index (χ1) is 29.1. The van der Waals surface area contributed by atoms with E-state index in [2.05, 4.69) is 56.1 Å². The maximum atomic E-state index is 14.8. The molecule has 1 fully saturated rings. The van der Waals surface area contributed by atoms with Crippen molar-refractivity contribution in [2.75, 3.05) is 33.0 Å². The summed E-state index contributed by atoms with van der Waals surface area (Å²) in [6, 6.07) is 19.5. The van der Waals surface area contributed by atoms with E-state index in [1.165, 1.54) is 0 Å². The van der Waals surface area contributed by atoms with Gasteiger partial charge in [0.2, 0.25) is 5.79 Å². The van der Waals surface area contributed by atoms with Crippen molar-refractivity contribution in [3.8, 4) is 11.5 Å². The first-order valence-electron chi connectivity index (χ1n) is 21.6. The third-order valence-corrected chi connectivity index (χ3v) is 11.8. The number of hydrogen-bond donors (Lipinski definition) is 2. The topological polar surface area (TPSA) is 119 Å². The van der Waals surface area contributed by atoms with E-state index in [0.29, 0.717) is 37.4 Å². The number of unbranched alkanes of at least 4 members (excludes halogenated alkanes) is 2. The largest absolute Gasteiger partial charge is 0.490 e. The van der Waals surface area contributed by atoms with Crippen molar-refractivity contribution in [1.29, 1.82) is 0 Å². The standard InChI is InChI=1S/C50H64N2O8/c1-7-10-30-57-48(55)52(34-37-21-17-20-35-18-11-12-22-39(35)37)45-33-43(51-60-49(4,5)6)41-31-36(19-13-15-26-53)40(23-14-16-27-54)46-42-32-38(56-28-8-2)24-25-44(42)59-50(45,47(41)46)58-29-9-3/h7-9,11-12,17-18,20-22,24-25,31-32,36,40,45-47,53-54H,1-3,10,13-16,19,23,26-30,33-34H2,4-6H3. The summed E-state index contributed by atoms with van der Waals surface area (Å²) >= 11 is 0. The van der Waals surface area contributed by atoms with Crippen molar-refractivity contribution in [3.05, 3.63) is 121 Å². The highest BCUT2D eigenvalue weighted by atomic mass is 16.7. The first kappa shape index (κ1) is 44.6. The van der Waals surface area contributed by atoms with Crippen LogP contribution in [0.2, 0.25) is 0 Å². The van der Waals surface area contributed by atoms with E-state index in [0.717, 1.165) is 58.9 Å². The summed E-state index contributed by atoms with van der Waals surface area (Å²) in [5.41, 5.74) is 3.01. The van der Waals surface area contributed by atoms with Crippen molar-refractivity contribution >= 4 is 22.6 Å². The van der Waals surface area contributed by atoms with Gasteiger partial charge in [-0.05, 0) is 105 Å². The summed E-state index contributed by atoms with van der Waals surface area (Å²) in [4.78, 5) is 22.9. The molecular formula is C50H64N2O8. The van der Waals surface area contributed by atoms with Crippen molar-refractivity contribution in [3.63, 3.8) is 0 Å². The molecule has 3 aromatic rings. The molecule has 2 aliphatic carbocycles. The van der Waals surface area contributed by atoms with E-state index in [4.69, 9.17) is 28.9 Å². The van der Waals surface area contributed by atoms with Crippen LogP contribution in [-0.2, 0) is 20.9 Å². The molecule has 6 atom stereocenters. The fourth-order valence-electron chi connectivity index (χ4n) is 9.31. The Bertz CT molecular complexity index is 2010. The molecule has 10 nitrogen and oxygen atoms in total. The third-order valence-electron chi connectivity index (χ3n) is 11.8. The third kappa shape index (κ3) is 9.99. The molecule has 1 amide bonds. The Morgan fingerprint density at radius 2 is 1.70 bits per heavy atom. The Morgan fingerprint density at radius 3 is 2.43 bits per heavy atom. The van der Waals surface area contributed by atoms with Gasteiger partial charge in [-0.2, -0.15) is 0 Å². The van der Waals surface area contributed by atoms with Crippen LogP contribution in [0.4, 0.5) is 4.79 Å². The van der Waals surface area contributed by atoms with Gasteiger partial charge in [-0.1, -0.05) is 91.3 Å². The highest BCUT2D eigenvalue weighted by Gasteiger charge is 2.65. The zero-order valence-electron chi connectivity index (χ0n) is 35.7. The number of aliphatic hydroxyl groups is 2. The maximum Gasteiger partial charge on any atom is 0.410 e. The normalized spacial score (nSPS) is 23.7. The van der Waals surface area contributed by atoms with Gasteiger partial charge < -0.3 is 34.0 Å². The number of carbonyl (C=O) groups is 1. The second-order valence-corrected chi connectivity index (χ2v) is 17.0. The Labute approximate surface area is 356 Å². The van der Waals surface area contributed by atoms with E-state index >= 15 is 0 Å². The van der Waals surface area contributed by atoms with Crippen molar-refractivity contribution in [1.82, 2.24) is 4.90 Å². The lowest BCUT2D eigenvalue weighted by Gasteiger charge is -2.60. The lowest BCUT2D eigenvalue weighted by molar-refractivity contribution is -0.256. The van der Waals surface area contributed by atoms with E-state index in [1.807, 2.05) is 51.1 Å². The van der Waals surface area contributed by atoms with Crippen LogP contribution in [0.5, 0.6) is 11.5 Å². The molecule has 0 radical (unpaired) electrons. The number of carbonyl (C=O) groups excluding carboxylic acids is 1. The van der Waals surface area contributed by atoms with Gasteiger partial charge in [0.05, 0.1) is 31.4 Å². The molecule has 0 saturated heterocycles. The van der Waals surface area contributed by atoms with Gasteiger partial charge in [-0.3, -0.25) is 4.90 Å². The number of rotatable bonds is 21. The first-order valence-corrected chi connectivity index (χ1v) is 21.6. The Morgan fingerprint density at radius 1 is 0.950 bits per heavy atom. The van der Waals surface area contributed by atoms with Crippen LogP contribution in [0.25, 0.3) is 10.8 Å². The highest BCUT2D eigenvalue weighted by Crippen LogP contribution is 2.62. The molecule has 6 rings (SSSR count). The lowest BCUT2D eigenvalue weighted by atomic mass is 9.55. The van der Waals surface area contributed by atoms with E-state index in [1.54, 1.807) is 23.1 Å². The molecule has 2 N–H and O–H groups in total. The van der Waals surface area contributed by atoms with Gasteiger partial charge in [0.1, 0.15) is 29.7 Å². The summed E-state index contributed by atoms with van der Waals surface area (Å²) in [5, 5.41) is 26.9. The quantitative estimate of drug-likeness (QED) is 0.0620. The molecule has 10 heteroatoms. The minimum Gasteiger partial charge on any atom is -0.490 e. The van der Waals surface area contributed by atoms with Crippen LogP contribution in [0, 0.1) is 17.8 Å². The average molecular weight is 821 g/mol. The van der Waals surface area contributed by atoms with Gasteiger partial charge in [0.25, 0.3) is 0 Å². The second kappa shape index (κ2) is 20.6. The molecule has 60 heavy (non-hydrogen) atoms. The molecular weight excluding hydrogens is 757 g/mol. The molecule has 1 aliphatic heterocycles. The number of nitrogens with zero attached hydrogens (tertiary/aromatic N) is 2. The Hall–Kier alpha value is -4.90. The SMILES string of the molecule is C=CCCOC(=O)N(Cc1cccc2ccccc12)C1CC(=NOC(C)(C)C)C2=CC(CCCCO)C(CCCCO)C3c4cc(OCC=C)ccc4OC1(OCC=C)C23. The fraction of sp³-hybridized carbons (Fsp3) is 0.480. The highest BCUT2D eigenvalue weighted by molar-refractivity contribution is 6.03. The number of oxime groups is 1. The number of aliphatic hydroxyl groups excluding tert-OH is 2. The number of fused-ring (bicyclic) bond motifs is 3. The number of allylic oxidation sites excluding steroid dienone is 1. The number of ether oxygens (including phenoxy) is 4. The van der Waals surface area contributed by atoms with Crippen LogP contribution < -0.4 is 9.47 Å². The molecule has 322 valence electrons. The summed E-state index contributed by atoms with van der Waals surface area (Å²) in [6.07, 6.45) is 12.4. The molecule has 0 aromatic heterocycles. The minimum atomic E-state index is -1.44. The van der Waals surface area contributed by atoms with Gasteiger partial charge >= 0.3 is 6.09 Å². The van der Waals surface area contributed by atoms with E-state index in [9.17, 15) is 15.0 Å². The van der Waals surface area contributed by atoms with Gasteiger partial charge in [0, 0.05) is 31.1 Å². The van der Waals surface area contributed by atoms with Crippen molar-refractivity contribution in [2.45, 2.75) is 102 Å². The monoisotopic (exact) mass is 820 g/mol. The van der Waals surface area contributed by atoms with Crippen molar-refractivity contribution in [2.24, 2.45) is 22.9 Å². The average Bonchev–Trinajstić information content (AvgIpc) is 3.24. The molecule has 6 unspecified atom stereocenters. The Kier molecular flexibility index (Phi) is 15.3. The molecule has 1 saturated carbocycles. The summed E-state index contributed by atoms with van der Waals surface area (Å²) in [7, 11) is 0. The van der Waals surface area contributed by atoms with Crippen LogP contribution in [0.3, 0.4) is 0 Å². The molecule has 3 aliphatic rings. The van der Waals surface area contributed by atoms with Crippen LogP contribution in [-0.4, -0.2) is 77.4 Å². The number of hydrogen-bond acceptors (Lipinski definition) is 9. The van der Waals surface area contributed by atoms with Gasteiger partial charge in [-0.25, -0.2) is 4.79 Å². The van der Waals surface area contributed by atoms with Crippen LogP contribution >= 0.6 is 0 Å². The van der Waals surface area contributed by atoms with Crippen LogP contribution in [0.1, 0.15) is 89.2 Å². The van der Waals surface area contributed by atoms with Crippen LogP contribution in [0.15, 0.2) is 115 Å². The molecule has 0 bridgehead atoms. The summed E-state index contributed by atoms with van der Waals surface area (Å²) in [6.45, 7) is 18.8. The van der Waals surface area contributed by atoms with E-state index in [-0.39, 0.29) is 57.1 Å². The van der Waals surface area contributed by atoms with Gasteiger partial charge in [-0.15, -0.1) is 13.2 Å². The summed E-state index contributed by atoms with van der Waals surface area (Å²) < 4.78 is 26.8. The molecule has 3 aromatic carbocycles. The predicted octanol–water partition coefficient (Wildman–Crippen LogP) is 10.1. The zero-order valence-corrected chi connectivity index (χ0v) is 35.7. The fourth-order valence-corrected chi connectivity index (χ4v) is 9.31. The maximum absolute atomic E-state index is 14.8.